The van der Waals surface area contributed by atoms with Gasteiger partial charge in [-0.1, -0.05) is 29.5 Å². The molecule has 3 unspecified atom stereocenters. The van der Waals surface area contributed by atoms with E-state index >= 15 is 0 Å². The maximum absolute atomic E-state index is 12.2. The van der Waals surface area contributed by atoms with Crippen molar-refractivity contribution in [2.45, 2.75) is 73.9 Å². The number of hydrogen-bond donors (Lipinski definition) is 0. The van der Waals surface area contributed by atoms with Crippen molar-refractivity contribution in [3.63, 3.8) is 0 Å². The van der Waals surface area contributed by atoms with E-state index in [0.29, 0.717) is 18.3 Å². The number of esters is 2. The Balaban J connectivity index is 1.80. The summed E-state index contributed by atoms with van der Waals surface area (Å²) >= 11 is 2.15. The Morgan fingerprint density at radius 1 is 1.14 bits per heavy atom. The number of ether oxygens (including phenoxy) is 2. The molecule has 4 saturated carbocycles. The molecule has 0 aromatic heterocycles. The highest BCUT2D eigenvalue weighted by molar-refractivity contribution is 14.1. The van der Waals surface area contributed by atoms with E-state index in [1.165, 1.54) is 13.3 Å². The van der Waals surface area contributed by atoms with Gasteiger partial charge in [-0.15, -0.1) is 0 Å². The molecule has 118 valence electrons. The number of rotatable bonds is 4. The van der Waals surface area contributed by atoms with Gasteiger partial charge in [0.15, 0.2) is 0 Å². The van der Waals surface area contributed by atoms with Crippen molar-refractivity contribution in [3.8, 4) is 0 Å². The van der Waals surface area contributed by atoms with Crippen LogP contribution in [0.5, 0.6) is 0 Å². The fraction of sp³-hybridized carbons (Fsp3) is 0.875. The maximum Gasteiger partial charge on any atom is 0.319 e. The van der Waals surface area contributed by atoms with E-state index in [2.05, 4.69) is 22.6 Å². The lowest BCUT2D eigenvalue weighted by Gasteiger charge is -2.60. The molecule has 0 amide bonds. The first kappa shape index (κ1) is 15.6. The molecular weight excluding hydrogens is 383 g/mol. The second-order valence-electron chi connectivity index (χ2n) is 7.22. The number of alkyl halides is 1. The molecule has 4 fully saturated rings. The summed E-state index contributed by atoms with van der Waals surface area (Å²) in [4.78, 5) is 23.7. The van der Waals surface area contributed by atoms with Gasteiger partial charge in [0.25, 0.3) is 0 Å². The third kappa shape index (κ3) is 2.94. The average Bonchev–Trinajstić information content (AvgIpc) is 2.33. The zero-order valence-corrected chi connectivity index (χ0v) is 14.9. The molecule has 4 aliphatic carbocycles. The molecule has 4 rings (SSSR count). The lowest BCUT2D eigenvalue weighted by molar-refractivity contribution is -0.229. The van der Waals surface area contributed by atoms with Crippen molar-refractivity contribution in [2.24, 2.45) is 11.8 Å². The van der Waals surface area contributed by atoms with Gasteiger partial charge in [-0.2, -0.15) is 0 Å². The minimum absolute atomic E-state index is 0.0831. The van der Waals surface area contributed by atoms with Crippen LogP contribution in [0, 0.1) is 11.8 Å². The first-order valence-electron chi connectivity index (χ1n) is 7.92. The van der Waals surface area contributed by atoms with Crippen LogP contribution in [0.2, 0.25) is 0 Å². The monoisotopic (exact) mass is 406 g/mol. The summed E-state index contributed by atoms with van der Waals surface area (Å²) < 4.78 is 11.6. The van der Waals surface area contributed by atoms with Crippen LogP contribution in [-0.4, -0.2) is 27.1 Å². The first-order valence-corrected chi connectivity index (χ1v) is 9.16. The van der Waals surface area contributed by atoms with Crippen LogP contribution in [0.3, 0.4) is 0 Å². The Hall–Kier alpha value is -0.330. The van der Waals surface area contributed by atoms with Crippen molar-refractivity contribution < 1.29 is 19.1 Å². The second kappa shape index (κ2) is 5.39. The lowest BCUT2D eigenvalue weighted by atomic mass is 9.52. The Labute approximate surface area is 139 Å². The number of hydrogen-bond acceptors (Lipinski definition) is 4. The molecule has 0 aromatic rings. The van der Waals surface area contributed by atoms with Crippen molar-refractivity contribution in [1.82, 2.24) is 0 Å². The van der Waals surface area contributed by atoms with E-state index in [1.54, 1.807) is 0 Å². The molecule has 21 heavy (non-hydrogen) atoms. The Morgan fingerprint density at radius 3 is 2.14 bits per heavy atom. The van der Waals surface area contributed by atoms with Gasteiger partial charge < -0.3 is 9.47 Å². The summed E-state index contributed by atoms with van der Waals surface area (Å²) in [6, 6.07) is 0. The third-order valence-corrected chi connectivity index (χ3v) is 6.63. The van der Waals surface area contributed by atoms with Gasteiger partial charge in [0, 0.05) is 13.3 Å². The maximum atomic E-state index is 12.2. The summed E-state index contributed by atoms with van der Waals surface area (Å²) in [5, 5.41) is 0. The minimum atomic E-state index is -0.380. The van der Waals surface area contributed by atoms with Crippen LogP contribution in [0.1, 0.15) is 58.8 Å². The van der Waals surface area contributed by atoms with Crippen molar-refractivity contribution in [2.75, 3.05) is 0 Å². The normalized spacial score (nSPS) is 41.7. The number of halogens is 1. The minimum Gasteiger partial charge on any atom is -0.459 e. The van der Waals surface area contributed by atoms with Crippen LogP contribution >= 0.6 is 22.6 Å². The quantitative estimate of drug-likeness (QED) is 0.408. The molecule has 0 N–H and O–H groups in total. The topological polar surface area (TPSA) is 52.6 Å². The zero-order valence-electron chi connectivity index (χ0n) is 12.7. The zero-order chi connectivity index (χ0) is 15.3. The highest BCUT2D eigenvalue weighted by atomic mass is 127. The molecule has 4 bridgehead atoms. The van der Waals surface area contributed by atoms with Crippen LogP contribution in [0.25, 0.3) is 0 Å². The van der Waals surface area contributed by atoms with Gasteiger partial charge in [-0.3, -0.25) is 9.59 Å². The van der Waals surface area contributed by atoms with Gasteiger partial charge in [0.2, 0.25) is 0 Å². The lowest BCUT2D eigenvalue weighted by Crippen LogP contribution is -2.62. The van der Waals surface area contributed by atoms with Gasteiger partial charge in [0.05, 0.1) is 0 Å². The molecule has 0 aliphatic heterocycles. The first-order chi connectivity index (χ1) is 9.85. The Kier molecular flexibility index (Phi) is 3.99. The predicted molar refractivity (Wildman–Crippen MR) is 86.1 cm³/mol. The summed E-state index contributed by atoms with van der Waals surface area (Å²) in [5.41, 5.74) is -0.752. The van der Waals surface area contributed by atoms with Gasteiger partial charge in [-0.25, -0.2) is 0 Å². The number of carbonyl (C=O) groups excluding carboxylic acids is 2. The van der Waals surface area contributed by atoms with Crippen molar-refractivity contribution >= 4 is 34.5 Å². The molecule has 0 radical (unpaired) electrons. The van der Waals surface area contributed by atoms with Crippen LogP contribution in [0.4, 0.5) is 0 Å². The molecule has 0 saturated heterocycles. The fourth-order valence-corrected chi connectivity index (χ4v) is 5.21. The van der Waals surface area contributed by atoms with Crippen LogP contribution < -0.4 is 0 Å². The van der Waals surface area contributed by atoms with E-state index < -0.39 is 0 Å². The average molecular weight is 406 g/mol. The summed E-state index contributed by atoms with van der Waals surface area (Å²) in [6.45, 7) is 3.48. The fourth-order valence-electron chi connectivity index (χ4n) is 5.08. The summed E-state index contributed by atoms with van der Waals surface area (Å²) in [7, 11) is 0. The van der Waals surface area contributed by atoms with E-state index in [4.69, 9.17) is 9.47 Å². The smallest absolute Gasteiger partial charge is 0.319 e. The molecule has 0 aromatic carbocycles. The van der Waals surface area contributed by atoms with E-state index in [0.717, 1.165) is 32.1 Å². The van der Waals surface area contributed by atoms with E-state index in [-0.39, 0.29) is 27.1 Å². The van der Waals surface area contributed by atoms with Crippen LogP contribution in [-0.2, 0) is 19.1 Å². The second-order valence-corrected chi connectivity index (χ2v) is 8.72. The molecule has 4 nitrogen and oxygen atoms in total. The summed E-state index contributed by atoms with van der Waals surface area (Å²) in [6.07, 6.45) is 6.48. The van der Waals surface area contributed by atoms with Gasteiger partial charge in [-0.05, 0) is 50.4 Å². The molecule has 3 atom stereocenters. The van der Waals surface area contributed by atoms with E-state index in [1.807, 2.05) is 6.92 Å². The largest absolute Gasteiger partial charge is 0.459 e. The number of carbonyl (C=O) groups is 2. The molecule has 0 spiro atoms. The standard InChI is InChI=1S/C16H23IO4/c1-3-13(17)14(19)21-16-7-11-4-12(8-16)6-15(5-11,9-16)20-10(2)18/h11-13H,3-9H2,1-2H3. The highest BCUT2D eigenvalue weighted by Crippen LogP contribution is 2.60. The predicted octanol–water partition coefficient (Wildman–Crippen LogP) is 3.40. The molecular formula is C16H23IO4. The molecule has 5 heteroatoms. The van der Waals surface area contributed by atoms with Crippen molar-refractivity contribution in [1.29, 1.82) is 0 Å². The highest BCUT2D eigenvalue weighted by Gasteiger charge is 2.61. The Bertz CT molecular complexity index is 447. The third-order valence-electron chi connectivity index (χ3n) is 5.25. The summed E-state index contributed by atoms with van der Waals surface area (Å²) in [5.74, 6) is 0.761. The van der Waals surface area contributed by atoms with Crippen molar-refractivity contribution in [3.05, 3.63) is 0 Å². The van der Waals surface area contributed by atoms with Gasteiger partial charge >= 0.3 is 11.9 Å². The Morgan fingerprint density at radius 2 is 1.67 bits per heavy atom. The van der Waals surface area contributed by atoms with Crippen LogP contribution in [0.15, 0.2) is 0 Å². The molecule has 4 aliphatic rings. The SMILES string of the molecule is CCC(I)C(=O)OC12CC3CC(CC(OC(C)=O)(C3)C1)C2. The van der Waals surface area contributed by atoms with Gasteiger partial charge in [0.1, 0.15) is 15.1 Å². The van der Waals surface area contributed by atoms with E-state index in [9.17, 15) is 9.59 Å². The molecule has 0 heterocycles.